The van der Waals surface area contributed by atoms with Crippen molar-refractivity contribution in [2.75, 3.05) is 19.8 Å². The lowest BCUT2D eigenvalue weighted by Crippen LogP contribution is -2.21. The zero-order chi connectivity index (χ0) is 7.98. The van der Waals surface area contributed by atoms with E-state index in [4.69, 9.17) is 10.2 Å². The standard InChI is InChI=1S/C5H10F2O3/c6-5(7)3-10-2-4(9)1-8/h4-5,8-9H,1-3H2/t4-/m0/s1. The molecule has 0 aliphatic carbocycles. The Bertz CT molecular complexity index is 79.3. The third-order valence-corrected chi connectivity index (χ3v) is 0.765. The molecule has 5 heteroatoms. The summed E-state index contributed by atoms with van der Waals surface area (Å²) in [4.78, 5) is 0. The minimum absolute atomic E-state index is 0.249. The molecule has 0 aromatic carbocycles. The van der Waals surface area contributed by atoms with E-state index in [2.05, 4.69) is 4.74 Å². The van der Waals surface area contributed by atoms with Crippen LogP contribution in [0.4, 0.5) is 8.78 Å². The molecule has 0 aliphatic heterocycles. The molecule has 0 aromatic heterocycles. The summed E-state index contributed by atoms with van der Waals surface area (Å²) in [5.74, 6) is 0. The van der Waals surface area contributed by atoms with Crippen molar-refractivity contribution >= 4 is 0 Å². The number of halogens is 2. The second kappa shape index (κ2) is 5.52. The first-order valence-electron chi connectivity index (χ1n) is 2.81. The fourth-order valence-electron chi connectivity index (χ4n) is 0.346. The third-order valence-electron chi connectivity index (χ3n) is 0.765. The van der Waals surface area contributed by atoms with Crippen molar-refractivity contribution in [1.82, 2.24) is 0 Å². The molecular weight excluding hydrogens is 146 g/mol. The Labute approximate surface area is 57.2 Å². The van der Waals surface area contributed by atoms with Gasteiger partial charge in [-0.15, -0.1) is 0 Å². The van der Waals surface area contributed by atoms with Crippen LogP contribution in [-0.4, -0.2) is 42.6 Å². The van der Waals surface area contributed by atoms with Gasteiger partial charge in [0.1, 0.15) is 12.7 Å². The van der Waals surface area contributed by atoms with Gasteiger partial charge in [0.05, 0.1) is 13.2 Å². The summed E-state index contributed by atoms with van der Waals surface area (Å²) in [6, 6.07) is 0. The number of ether oxygens (including phenoxy) is 1. The first-order chi connectivity index (χ1) is 4.66. The van der Waals surface area contributed by atoms with Crippen LogP contribution in [0.15, 0.2) is 0 Å². The van der Waals surface area contributed by atoms with Crippen molar-refractivity contribution in [3.05, 3.63) is 0 Å². The van der Waals surface area contributed by atoms with E-state index < -0.39 is 25.7 Å². The smallest absolute Gasteiger partial charge is 0.261 e. The summed E-state index contributed by atoms with van der Waals surface area (Å²) < 4.78 is 26.9. The molecule has 1 atom stereocenters. The van der Waals surface area contributed by atoms with Crippen molar-refractivity contribution in [2.24, 2.45) is 0 Å². The summed E-state index contributed by atoms with van der Waals surface area (Å²) in [6.45, 7) is -1.42. The second-order valence-corrected chi connectivity index (χ2v) is 1.76. The highest BCUT2D eigenvalue weighted by Crippen LogP contribution is 1.93. The maximum absolute atomic E-state index is 11.3. The summed E-state index contributed by atoms with van der Waals surface area (Å²) in [6.07, 6.45) is -3.58. The highest BCUT2D eigenvalue weighted by atomic mass is 19.3. The maximum Gasteiger partial charge on any atom is 0.261 e. The Balaban J connectivity index is 3.03. The molecule has 0 saturated heterocycles. The van der Waals surface area contributed by atoms with E-state index in [-0.39, 0.29) is 6.61 Å². The van der Waals surface area contributed by atoms with Crippen LogP contribution in [-0.2, 0) is 4.74 Å². The quantitative estimate of drug-likeness (QED) is 0.570. The fraction of sp³-hybridized carbons (Fsp3) is 1.00. The highest BCUT2D eigenvalue weighted by molar-refractivity contribution is 4.48. The molecule has 0 spiro atoms. The lowest BCUT2D eigenvalue weighted by molar-refractivity contribution is -0.0336. The van der Waals surface area contributed by atoms with Gasteiger partial charge in [-0.3, -0.25) is 0 Å². The molecule has 0 bridgehead atoms. The highest BCUT2D eigenvalue weighted by Gasteiger charge is 2.05. The predicted molar refractivity (Wildman–Crippen MR) is 29.9 cm³/mol. The molecule has 0 unspecified atom stereocenters. The van der Waals surface area contributed by atoms with Crippen LogP contribution in [0.5, 0.6) is 0 Å². The topological polar surface area (TPSA) is 49.7 Å². The number of aliphatic hydroxyl groups excluding tert-OH is 2. The summed E-state index contributed by atoms with van der Waals surface area (Å²) in [5, 5.41) is 16.7. The SMILES string of the molecule is OC[C@H](O)COCC(F)F. The van der Waals surface area contributed by atoms with Crippen LogP contribution >= 0.6 is 0 Å². The van der Waals surface area contributed by atoms with Crippen molar-refractivity contribution in [2.45, 2.75) is 12.5 Å². The molecule has 0 heterocycles. The molecular formula is C5H10F2O3. The van der Waals surface area contributed by atoms with Crippen LogP contribution in [0.3, 0.4) is 0 Å². The summed E-state index contributed by atoms with van der Waals surface area (Å²) in [5.41, 5.74) is 0. The van der Waals surface area contributed by atoms with Crippen LogP contribution < -0.4 is 0 Å². The first kappa shape index (κ1) is 9.74. The number of hydrogen-bond acceptors (Lipinski definition) is 3. The molecule has 0 aliphatic rings. The zero-order valence-electron chi connectivity index (χ0n) is 5.33. The fourth-order valence-corrected chi connectivity index (χ4v) is 0.346. The lowest BCUT2D eigenvalue weighted by Gasteiger charge is -2.06. The molecule has 0 aromatic rings. The molecule has 62 valence electrons. The average Bonchev–Trinajstić information content (AvgIpc) is 1.87. The van der Waals surface area contributed by atoms with E-state index in [0.29, 0.717) is 0 Å². The largest absolute Gasteiger partial charge is 0.394 e. The van der Waals surface area contributed by atoms with Gasteiger partial charge >= 0.3 is 0 Å². The molecule has 0 saturated carbocycles. The van der Waals surface area contributed by atoms with Crippen molar-refractivity contribution in [3.63, 3.8) is 0 Å². The van der Waals surface area contributed by atoms with Crippen LogP contribution in [0.25, 0.3) is 0 Å². The zero-order valence-corrected chi connectivity index (χ0v) is 5.33. The molecule has 3 nitrogen and oxygen atoms in total. The van der Waals surface area contributed by atoms with E-state index in [0.717, 1.165) is 0 Å². The first-order valence-corrected chi connectivity index (χ1v) is 2.81. The maximum atomic E-state index is 11.3. The van der Waals surface area contributed by atoms with Gasteiger partial charge in [-0.1, -0.05) is 0 Å². The van der Waals surface area contributed by atoms with Gasteiger partial charge in [0.2, 0.25) is 0 Å². The van der Waals surface area contributed by atoms with E-state index in [1.54, 1.807) is 0 Å². The van der Waals surface area contributed by atoms with Gasteiger partial charge in [0.25, 0.3) is 6.43 Å². The Morgan fingerprint density at radius 3 is 2.30 bits per heavy atom. The number of alkyl halides is 2. The molecule has 0 amide bonds. The van der Waals surface area contributed by atoms with E-state index in [9.17, 15) is 8.78 Å². The lowest BCUT2D eigenvalue weighted by atomic mass is 10.4. The molecule has 0 fully saturated rings. The van der Waals surface area contributed by atoms with Crippen molar-refractivity contribution < 1.29 is 23.7 Å². The van der Waals surface area contributed by atoms with Crippen LogP contribution in [0.1, 0.15) is 0 Å². The number of rotatable bonds is 5. The summed E-state index contributed by atoms with van der Waals surface area (Å²) in [7, 11) is 0. The van der Waals surface area contributed by atoms with E-state index in [1.807, 2.05) is 0 Å². The van der Waals surface area contributed by atoms with Crippen LogP contribution in [0.2, 0.25) is 0 Å². The number of aliphatic hydroxyl groups is 2. The second-order valence-electron chi connectivity index (χ2n) is 1.76. The normalized spacial score (nSPS) is 14.1. The monoisotopic (exact) mass is 156 g/mol. The van der Waals surface area contributed by atoms with Gasteiger partial charge in [0.15, 0.2) is 0 Å². The van der Waals surface area contributed by atoms with Crippen molar-refractivity contribution in [3.8, 4) is 0 Å². The van der Waals surface area contributed by atoms with E-state index >= 15 is 0 Å². The van der Waals surface area contributed by atoms with Gasteiger partial charge in [0, 0.05) is 0 Å². The van der Waals surface area contributed by atoms with Gasteiger partial charge in [-0.05, 0) is 0 Å². The Morgan fingerprint density at radius 1 is 1.30 bits per heavy atom. The van der Waals surface area contributed by atoms with Gasteiger partial charge < -0.3 is 14.9 Å². The molecule has 0 rings (SSSR count). The Kier molecular flexibility index (Phi) is 5.38. The molecule has 2 N–H and O–H groups in total. The predicted octanol–water partition coefficient (Wildman–Crippen LogP) is -0.379. The summed E-state index contributed by atoms with van der Waals surface area (Å²) >= 11 is 0. The minimum Gasteiger partial charge on any atom is -0.394 e. The molecule has 10 heavy (non-hydrogen) atoms. The Hall–Kier alpha value is -0.260. The van der Waals surface area contributed by atoms with Crippen molar-refractivity contribution in [1.29, 1.82) is 0 Å². The third kappa shape index (κ3) is 5.87. The van der Waals surface area contributed by atoms with E-state index in [1.165, 1.54) is 0 Å². The van der Waals surface area contributed by atoms with Crippen LogP contribution in [0, 0.1) is 0 Å². The minimum atomic E-state index is -2.52. The van der Waals surface area contributed by atoms with Gasteiger partial charge in [-0.2, -0.15) is 0 Å². The number of hydrogen-bond donors (Lipinski definition) is 2. The Morgan fingerprint density at radius 2 is 1.90 bits per heavy atom. The average molecular weight is 156 g/mol. The molecule has 0 radical (unpaired) electrons. The van der Waals surface area contributed by atoms with Gasteiger partial charge in [-0.25, -0.2) is 8.78 Å².